The summed E-state index contributed by atoms with van der Waals surface area (Å²) in [6.07, 6.45) is 3.57. The number of rotatable bonds is 4. The van der Waals surface area contributed by atoms with Crippen molar-refractivity contribution < 1.29 is 0 Å². The molecule has 0 saturated carbocycles. The number of anilines is 1. The predicted octanol–water partition coefficient (Wildman–Crippen LogP) is 2.31. The van der Waals surface area contributed by atoms with E-state index in [0.717, 1.165) is 12.2 Å². The van der Waals surface area contributed by atoms with Crippen LogP contribution in [0.15, 0.2) is 24.5 Å². The van der Waals surface area contributed by atoms with E-state index >= 15 is 0 Å². The summed E-state index contributed by atoms with van der Waals surface area (Å²) in [5.74, 6) is 0.448. The van der Waals surface area contributed by atoms with E-state index in [-0.39, 0.29) is 5.92 Å². The van der Waals surface area contributed by atoms with Crippen LogP contribution in [-0.2, 0) is 0 Å². The molecule has 0 spiro atoms. The minimum atomic E-state index is 0.0650. The third kappa shape index (κ3) is 3.25. The van der Waals surface area contributed by atoms with Crippen LogP contribution in [0.4, 0.5) is 5.69 Å². The van der Waals surface area contributed by atoms with Crippen LogP contribution in [0, 0.1) is 23.2 Å². The standard InChI is InChI=1S/C12H17N3/c1-10(2)11(7-13)9-15(3)12-5-4-6-14-8-12/h4-6,8,10-11H,9H2,1-3H3. The highest BCUT2D eigenvalue weighted by atomic mass is 15.1. The van der Waals surface area contributed by atoms with Gasteiger partial charge < -0.3 is 4.90 Å². The molecular weight excluding hydrogens is 186 g/mol. The molecule has 0 saturated heterocycles. The van der Waals surface area contributed by atoms with Crippen molar-refractivity contribution in [3.63, 3.8) is 0 Å². The van der Waals surface area contributed by atoms with Crippen LogP contribution in [0.1, 0.15) is 13.8 Å². The zero-order chi connectivity index (χ0) is 11.3. The summed E-state index contributed by atoms with van der Waals surface area (Å²) in [5, 5.41) is 9.00. The summed E-state index contributed by atoms with van der Waals surface area (Å²) in [7, 11) is 1.99. The molecule has 1 aromatic heterocycles. The molecule has 1 heterocycles. The molecule has 0 radical (unpaired) electrons. The Balaban J connectivity index is 2.64. The minimum Gasteiger partial charge on any atom is -0.372 e. The van der Waals surface area contributed by atoms with Crippen LogP contribution in [0.5, 0.6) is 0 Å². The lowest BCUT2D eigenvalue weighted by molar-refractivity contribution is 0.477. The van der Waals surface area contributed by atoms with Crippen molar-refractivity contribution in [3.8, 4) is 6.07 Å². The fourth-order valence-corrected chi connectivity index (χ4v) is 1.38. The first-order valence-corrected chi connectivity index (χ1v) is 5.16. The molecule has 0 aliphatic heterocycles. The van der Waals surface area contributed by atoms with E-state index in [1.807, 2.05) is 25.4 Å². The number of pyridine rings is 1. The lowest BCUT2D eigenvalue weighted by Gasteiger charge is -2.23. The van der Waals surface area contributed by atoms with Gasteiger partial charge in [0.15, 0.2) is 0 Å². The monoisotopic (exact) mass is 203 g/mol. The molecule has 0 aliphatic rings. The van der Waals surface area contributed by atoms with Crippen LogP contribution < -0.4 is 4.90 Å². The summed E-state index contributed by atoms with van der Waals surface area (Å²) in [4.78, 5) is 6.13. The third-order valence-electron chi connectivity index (χ3n) is 2.53. The molecule has 15 heavy (non-hydrogen) atoms. The first-order chi connectivity index (χ1) is 7.15. The van der Waals surface area contributed by atoms with E-state index in [1.54, 1.807) is 6.20 Å². The average molecular weight is 203 g/mol. The second-order valence-corrected chi connectivity index (χ2v) is 4.07. The van der Waals surface area contributed by atoms with Gasteiger partial charge in [0.2, 0.25) is 0 Å². The maximum atomic E-state index is 9.00. The molecule has 0 aliphatic carbocycles. The molecular formula is C12H17N3. The van der Waals surface area contributed by atoms with Crippen LogP contribution in [-0.4, -0.2) is 18.6 Å². The predicted molar refractivity (Wildman–Crippen MR) is 61.4 cm³/mol. The van der Waals surface area contributed by atoms with Gasteiger partial charge in [0.05, 0.1) is 23.9 Å². The van der Waals surface area contributed by atoms with Crippen molar-refractivity contribution in [2.75, 3.05) is 18.5 Å². The Morgan fingerprint density at radius 3 is 2.73 bits per heavy atom. The van der Waals surface area contributed by atoms with Crippen LogP contribution >= 0.6 is 0 Å². The fraction of sp³-hybridized carbons (Fsp3) is 0.500. The maximum Gasteiger partial charge on any atom is 0.0677 e. The molecule has 0 bridgehead atoms. The van der Waals surface area contributed by atoms with Gasteiger partial charge in [-0.1, -0.05) is 13.8 Å². The van der Waals surface area contributed by atoms with Gasteiger partial charge in [-0.2, -0.15) is 5.26 Å². The Kier molecular flexibility index (Phi) is 4.11. The Bertz CT molecular complexity index is 326. The van der Waals surface area contributed by atoms with Crippen molar-refractivity contribution in [1.82, 2.24) is 4.98 Å². The molecule has 3 nitrogen and oxygen atoms in total. The number of hydrogen-bond donors (Lipinski definition) is 0. The Labute approximate surface area is 91.4 Å². The van der Waals surface area contributed by atoms with E-state index in [1.165, 1.54) is 0 Å². The summed E-state index contributed by atoms with van der Waals surface area (Å²) in [5.41, 5.74) is 1.05. The molecule has 1 unspecified atom stereocenters. The maximum absolute atomic E-state index is 9.00. The number of aromatic nitrogens is 1. The first-order valence-electron chi connectivity index (χ1n) is 5.16. The highest BCUT2D eigenvalue weighted by molar-refractivity contribution is 5.42. The van der Waals surface area contributed by atoms with Crippen LogP contribution in [0.2, 0.25) is 0 Å². The highest BCUT2D eigenvalue weighted by Gasteiger charge is 2.14. The van der Waals surface area contributed by atoms with Crippen molar-refractivity contribution in [2.45, 2.75) is 13.8 Å². The summed E-state index contributed by atoms with van der Waals surface area (Å²) < 4.78 is 0. The summed E-state index contributed by atoms with van der Waals surface area (Å²) >= 11 is 0. The molecule has 0 fully saturated rings. The summed E-state index contributed by atoms with van der Waals surface area (Å²) in [6.45, 7) is 4.90. The third-order valence-corrected chi connectivity index (χ3v) is 2.53. The molecule has 1 rings (SSSR count). The molecule has 3 heteroatoms. The van der Waals surface area contributed by atoms with Crippen LogP contribution in [0.25, 0.3) is 0 Å². The van der Waals surface area contributed by atoms with Gasteiger partial charge in [0.1, 0.15) is 0 Å². The Morgan fingerprint density at radius 2 is 2.27 bits per heavy atom. The van der Waals surface area contributed by atoms with Gasteiger partial charge in [-0.3, -0.25) is 4.98 Å². The van der Waals surface area contributed by atoms with Gasteiger partial charge in [-0.25, -0.2) is 0 Å². The molecule has 1 atom stereocenters. The van der Waals surface area contributed by atoms with Gasteiger partial charge in [-0.15, -0.1) is 0 Å². The van der Waals surface area contributed by atoms with E-state index in [2.05, 4.69) is 29.8 Å². The lowest BCUT2D eigenvalue weighted by Crippen LogP contribution is -2.27. The van der Waals surface area contributed by atoms with Crippen LogP contribution in [0.3, 0.4) is 0 Å². The Hall–Kier alpha value is -1.56. The number of nitriles is 1. The minimum absolute atomic E-state index is 0.0650. The molecule has 1 aromatic rings. The average Bonchev–Trinajstić information content (AvgIpc) is 2.26. The fourth-order valence-electron chi connectivity index (χ4n) is 1.38. The van der Waals surface area contributed by atoms with E-state index in [4.69, 9.17) is 5.26 Å². The number of nitrogens with zero attached hydrogens (tertiary/aromatic N) is 3. The van der Waals surface area contributed by atoms with Crippen molar-refractivity contribution in [2.24, 2.45) is 11.8 Å². The summed E-state index contributed by atoms with van der Waals surface area (Å²) in [6, 6.07) is 6.25. The Morgan fingerprint density at radius 1 is 1.53 bits per heavy atom. The first kappa shape index (κ1) is 11.5. The van der Waals surface area contributed by atoms with E-state index in [9.17, 15) is 0 Å². The SMILES string of the molecule is CC(C)C(C#N)CN(C)c1cccnc1. The van der Waals surface area contributed by atoms with Gasteiger partial charge in [-0.05, 0) is 18.1 Å². The van der Waals surface area contributed by atoms with Gasteiger partial charge in [0.25, 0.3) is 0 Å². The van der Waals surface area contributed by atoms with E-state index < -0.39 is 0 Å². The molecule has 80 valence electrons. The van der Waals surface area contributed by atoms with Crippen molar-refractivity contribution >= 4 is 5.69 Å². The number of hydrogen-bond acceptors (Lipinski definition) is 3. The van der Waals surface area contributed by atoms with Crippen molar-refractivity contribution in [3.05, 3.63) is 24.5 Å². The van der Waals surface area contributed by atoms with Gasteiger partial charge >= 0.3 is 0 Å². The van der Waals surface area contributed by atoms with Gasteiger partial charge in [0, 0.05) is 19.8 Å². The molecule has 0 N–H and O–H groups in total. The second kappa shape index (κ2) is 5.35. The normalized spacial score (nSPS) is 12.2. The lowest BCUT2D eigenvalue weighted by atomic mass is 9.97. The van der Waals surface area contributed by atoms with Crippen molar-refractivity contribution in [1.29, 1.82) is 5.26 Å². The molecule has 0 aromatic carbocycles. The second-order valence-electron chi connectivity index (χ2n) is 4.07. The highest BCUT2D eigenvalue weighted by Crippen LogP contribution is 2.15. The zero-order valence-corrected chi connectivity index (χ0v) is 9.51. The topological polar surface area (TPSA) is 39.9 Å². The smallest absolute Gasteiger partial charge is 0.0677 e. The largest absolute Gasteiger partial charge is 0.372 e. The quantitative estimate of drug-likeness (QED) is 0.754. The van der Waals surface area contributed by atoms with E-state index in [0.29, 0.717) is 5.92 Å². The molecule has 0 amide bonds. The zero-order valence-electron chi connectivity index (χ0n) is 9.51.